The van der Waals surface area contributed by atoms with E-state index in [0.717, 1.165) is 53.1 Å². The zero-order chi connectivity index (χ0) is 24.1. The third kappa shape index (κ3) is 5.68. The number of ether oxygens (including phenoxy) is 2. The fourth-order valence-corrected chi connectivity index (χ4v) is 5.58. The molecular formula is C24H33N5O4S. The number of carbonyl (C=O) groups excluding carboxylic acids is 2. The number of methoxy groups -OCH3 is 1. The summed E-state index contributed by atoms with van der Waals surface area (Å²) >= 11 is 1.66. The van der Waals surface area contributed by atoms with Crippen LogP contribution in [0.15, 0.2) is 24.4 Å². The molecule has 2 atom stereocenters. The van der Waals surface area contributed by atoms with Gasteiger partial charge >= 0.3 is 6.09 Å². The lowest BCUT2D eigenvalue weighted by atomic mass is 10.0. The Hall–Kier alpha value is -2.69. The van der Waals surface area contributed by atoms with E-state index in [4.69, 9.17) is 10.5 Å². The van der Waals surface area contributed by atoms with Crippen molar-refractivity contribution in [3.63, 3.8) is 0 Å². The summed E-state index contributed by atoms with van der Waals surface area (Å²) in [6, 6.07) is 6.22. The van der Waals surface area contributed by atoms with Crippen LogP contribution >= 0.6 is 11.3 Å². The van der Waals surface area contributed by atoms with Crippen LogP contribution in [0.2, 0.25) is 0 Å². The molecule has 1 saturated carbocycles. The molecule has 2 aromatic rings. The van der Waals surface area contributed by atoms with Gasteiger partial charge in [-0.2, -0.15) is 0 Å². The largest absolute Gasteiger partial charge is 0.453 e. The van der Waals surface area contributed by atoms with Crippen molar-refractivity contribution < 1.29 is 19.1 Å². The third-order valence-electron chi connectivity index (χ3n) is 6.22. The molecule has 34 heavy (non-hydrogen) atoms. The molecule has 4 N–H and O–H groups in total. The molecule has 1 unspecified atom stereocenters. The van der Waals surface area contributed by atoms with E-state index in [1.807, 2.05) is 17.0 Å². The lowest BCUT2D eigenvalue weighted by Gasteiger charge is -2.33. The number of aromatic nitrogens is 1. The summed E-state index contributed by atoms with van der Waals surface area (Å²) in [5.41, 5.74) is 8.25. The summed E-state index contributed by atoms with van der Waals surface area (Å²) in [6.07, 6.45) is 4.36. The van der Waals surface area contributed by atoms with E-state index in [2.05, 4.69) is 33.3 Å². The van der Waals surface area contributed by atoms with Gasteiger partial charge in [-0.05, 0) is 56.4 Å². The maximum atomic E-state index is 13.4. The van der Waals surface area contributed by atoms with Crippen molar-refractivity contribution in [1.29, 1.82) is 0 Å². The van der Waals surface area contributed by atoms with Gasteiger partial charge in [0.1, 0.15) is 11.9 Å². The molecule has 0 radical (unpaired) electrons. The summed E-state index contributed by atoms with van der Waals surface area (Å²) in [6.45, 7) is 4.48. The van der Waals surface area contributed by atoms with Gasteiger partial charge in [0.2, 0.25) is 0 Å². The average Bonchev–Trinajstić information content (AvgIpc) is 3.60. The Morgan fingerprint density at radius 1 is 1.44 bits per heavy atom. The van der Waals surface area contributed by atoms with Crippen molar-refractivity contribution in [2.45, 2.75) is 50.8 Å². The van der Waals surface area contributed by atoms with Crippen LogP contribution in [-0.2, 0) is 20.7 Å². The van der Waals surface area contributed by atoms with Gasteiger partial charge in [0.05, 0.1) is 19.8 Å². The molecule has 1 saturated heterocycles. The lowest BCUT2D eigenvalue weighted by Crippen LogP contribution is -2.50. The van der Waals surface area contributed by atoms with Gasteiger partial charge in [0.15, 0.2) is 0 Å². The first-order chi connectivity index (χ1) is 16.5. The molecule has 4 rings (SSSR count). The van der Waals surface area contributed by atoms with Gasteiger partial charge in [-0.1, -0.05) is 0 Å². The Morgan fingerprint density at radius 3 is 2.94 bits per heavy atom. The molecule has 2 amide bonds. The van der Waals surface area contributed by atoms with Crippen molar-refractivity contribution >= 4 is 29.2 Å². The fourth-order valence-electron chi connectivity index (χ4n) is 4.29. The second-order valence-corrected chi connectivity index (χ2v) is 9.76. The second-order valence-electron chi connectivity index (χ2n) is 8.68. The first-order valence-electron chi connectivity index (χ1n) is 11.8. The Balaban J connectivity index is 1.58. The minimum atomic E-state index is -0.436. The van der Waals surface area contributed by atoms with Crippen molar-refractivity contribution in [2.75, 3.05) is 39.1 Å². The number of nitrogens with zero attached hydrogens (tertiary/aromatic N) is 2. The van der Waals surface area contributed by atoms with Gasteiger partial charge in [0, 0.05) is 47.2 Å². The normalized spacial score (nSPS) is 18.8. The maximum Gasteiger partial charge on any atom is 0.406 e. The van der Waals surface area contributed by atoms with E-state index in [1.165, 1.54) is 7.11 Å². The van der Waals surface area contributed by atoms with Crippen molar-refractivity contribution in [3.8, 4) is 10.4 Å². The van der Waals surface area contributed by atoms with Crippen LogP contribution in [0.4, 0.5) is 10.6 Å². The number of nitrogen functional groups attached to an aromatic ring is 1. The number of hydrogen-bond acceptors (Lipinski definition) is 8. The first-order valence-corrected chi connectivity index (χ1v) is 12.6. The lowest BCUT2D eigenvalue weighted by molar-refractivity contribution is -0.148. The predicted molar refractivity (Wildman–Crippen MR) is 132 cm³/mol. The number of hydrogen-bond donors (Lipinski definition) is 3. The second kappa shape index (κ2) is 11.2. The number of thiophene rings is 1. The summed E-state index contributed by atoms with van der Waals surface area (Å²) < 4.78 is 10.4. The highest BCUT2D eigenvalue weighted by atomic mass is 32.1. The summed E-state index contributed by atoms with van der Waals surface area (Å²) in [4.78, 5) is 33.2. The molecule has 9 nitrogen and oxygen atoms in total. The molecule has 1 aliphatic carbocycles. The number of aryl methyl sites for hydroxylation is 1. The third-order valence-corrected chi connectivity index (χ3v) is 7.60. The number of rotatable bonds is 9. The standard InChI is InChI=1S/C24H33N5O4S/c1-15(29(17-7-8-17)23(30)19-14-26-11-12-33-19)20-13-16(5-3-10-28-24(31)32-2)21(34-20)18-6-4-9-27-22(18)25/h4,6,9,13,15,17,19,26H,3,5,7-8,10-12,14H2,1-2H3,(H2,25,27)(H,28,31)/t15?,19-/m1/s1. The zero-order valence-corrected chi connectivity index (χ0v) is 20.5. The first kappa shape index (κ1) is 24.4. The highest BCUT2D eigenvalue weighted by Gasteiger charge is 2.40. The molecule has 0 spiro atoms. The van der Waals surface area contributed by atoms with Crippen LogP contribution in [-0.4, -0.2) is 67.4 Å². The number of pyridine rings is 1. The number of alkyl carbamates (subject to hydrolysis) is 1. The van der Waals surface area contributed by atoms with E-state index in [0.29, 0.717) is 25.5 Å². The van der Waals surface area contributed by atoms with E-state index in [-0.39, 0.29) is 18.0 Å². The fraction of sp³-hybridized carbons (Fsp3) is 0.542. The molecule has 2 aromatic heterocycles. The van der Waals surface area contributed by atoms with Crippen molar-refractivity contribution in [1.82, 2.24) is 20.5 Å². The zero-order valence-electron chi connectivity index (χ0n) is 19.7. The average molecular weight is 488 g/mol. The van der Waals surface area contributed by atoms with Crippen LogP contribution < -0.4 is 16.4 Å². The number of anilines is 1. The Bertz CT molecular complexity index is 1000. The highest BCUT2D eigenvalue weighted by Crippen LogP contribution is 2.42. The summed E-state index contributed by atoms with van der Waals surface area (Å²) in [5, 5.41) is 5.99. The van der Waals surface area contributed by atoms with Gasteiger partial charge in [0.25, 0.3) is 5.91 Å². The molecule has 2 fully saturated rings. The summed E-state index contributed by atoms with van der Waals surface area (Å²) in [5.74, 6) is 0.538. The maximum absolute atomic E-state index is 13.4. The topological polar surface area (TPSA) is 119 Å². The Morgan fingerprint density at radius 2 is 2.26 bits per heavy atom. The molecule has 0 bridgehead atoms. The SMILES string of the molecule is COC(=O)NCCCc1cc(C(C)N(C(=O)[C@H]2CNCCO2)C2CC2)sc1-c1cccnc1N. The highest BCUT2D eigenvalue weighted by molar-refractivity contribution is 7.15. The van der Waals surface area contributed by atoms with Crippen molar-refractivity contribution in [2.24, 2.45) is 0 Å². The number of amides is 2. The Kier molecular flexibility index (Phi) is 8.02. The number of carbonyl (C=O) groups is 2. The van der Waals surface area contributed by atoms with E-state index < -0.39 is 12.2 Å². The minimum Gasteiger partial charge on any atom is -0.453 e. The molecule has 1 aliphatic heterocycles. The summed E-state index contributed by atoms with van der Waals surface area (Å²) in [7, 11) is 1.35. The molecule has 2 aliphatic rings. The molecule has 184 valence electrons. The molecular weight excluding hydrogens is 454 g/mol. The van der Waals surface area contributed by atoms with Gasteiger partial charge in [-0.25, -0.2) is 9.78 Å². The van der Waals surface area contributed by atoms with Gasteiger partial charge < -0.3 is 30.7 Å². The number of nitrogens with one attached hydrogen (secondary N) is 2. The van der Waals surface area contributed by atoms with Crippen LogP contribution in [0.1, 0.15) is 42.7 Å². The molecule has 3 heterocycles. The van der Waals surface area contributed by atoms with Crippen LogP contribution in [0.25, 0.3) is 10.4 Å². The van der Waals surface area contributed by atoms with Gasteiger partial charge in [-0.15, -0.1) is 11.3 Å². The quantitative estimate of drug-likeness (QED) is 0.465. The van der Waals surface area contributed by atoms with E-state index in [1.54, 1.807) is 17.5 Å². The molecule has 10 heteroatoms. The van der Waals surface area contributed by atoms with Crippen LogP contribution in [0, 0.1) is 0 Å². The number of nitrogens with two attached hydrogens (primary N) is 1. The smallest absolute Gasteiger partial charge is 0.406 e. The molecule has 0 aromatic carbocycles. The van der Waals surface area contributed by atoms with E-state index in [9.17, 15) is 9.59 Å². The van der Waals surface area contributed by atoms with Crippen LogP contribution in [0.5, 0.6) is 0 Å². The van der Waals surface area contributed by atoms with E-state index >= 15 is 0 Å². The minimum absolute atomic E-state index is 0.0573. The Labute approximate surface area is 204 Å². The van der Waals surface area contributed by atoms with Crippen LogP contribution in [0.3, 0.4) is 0 Å². The monoisotopic (exact) mass is 487 g/mol. The number of morpholine rings is 1. The predicted octanol–water partition coefficient (Wildman–Crippen LogP) is 2.72. The van der Waals surface area contributed by atoms with Crippen molar-refractivity contribution in [3.05, 3.63) is 34.8 Å². The van der Waals surface area contributed by atoms with Gasteiger partial charge in [-0.3, -0.25) is 4.79 Å².